The van der Waals surface area contributed by atoms with Crippen LogP contribution in [0.5, 0.6) is 0 Å². The lowest BCUT2D eigenvalue weighted by Gasteiger charge is -2.16. The van der Waals surface area contributed by atoms with Crippen LogP contribution in [0.25, 0.3) is 0 Å². The number of halogens is 2. The number of methoxy groups -OCH3 is 1. The molecule has 1 fully saturated rings. The fourth-order valence-electron chi connectivity index (χ4n) is 2.82. The van der Waals surface area contributed by atoms with Gasteiger partial charge in [-0.05, 0) is 37.9 Å². The van der Waals surface area contributed by atoms with E-state index in [1.54, 1.807) is 14.0 Å². The van der Waals surface area contributed by atoms with E-state index in [2.05, 4.69) is 10.2 Å². The predicted molar refractivity (Wildman–Crippen MR) is 79.2 cm³/mol. The molecule has 1 aromatic heterocycles. The third-order valence-corrected chi connectivity index (χ3v) is 4.08. The number of carbonyl (C=O) groups excluding carboxylic acids is 1. The van der Waals surface area contributed by atoms with Gasteiger partial charge >= 0.3 is 6.55 Å². The highest BCUT2D eigenvalue weighted by molar-refractivity contribution is 5.92. The lowest BCUT2D eigenvalue weighted by molar-refractivity contribution is 0.0616. The van der Waals surface area contributed by atoms with Crippen LogP contribution in [0.1, 0.15) is 29.2 Å². The molecular formula is C15H23F2N3O2. The van der Waals surface area contributed by atoms with Gasteiger partial charge in [-0.25, -0.2) is 0 Å². The molecule has 0 aromatic carbocycles. The Labute approximate surface area is 129 Å². The minimum absolute atomic E-state index is 0.0155. The summed E-state index contributed by atoms with van der Waals surface area (Å²) in [4.78, 5) is 14.4. The molecule has 1 saturated heterocycles. The van der Waals surface area contributed by atoms with E-state index >= 15 is 0 Å². The zero-order chi connectivity index (χ0) is 16.1. The van der Waals surface area contributed by atoms with E-state index in [9.17, 15) is 13.6 Å². The van der Waals surface area contributed by atoms with Gasteiger partial charge in [-0.1, -0.05) is 0 Å². The molecule has 1 atom stereocenters. The molecule has 0 aliphatic carbocycles. The first-order chi connectivity index (χ1) is 10.5. The molecular weight excluding hydrogens is 292 g/mol. The minimum Gasteiger partial charge on any atom is -0.383 e. The van der Waals surface area contributed by atoms with Crippen molar-refractivity contribution in [3.63, 3.8) is 0 Å². The smallest absolute Gasteiger partial charge is 0.319 e. The number of hydrogen-bond donors (Lipinski definition) is 1. The van der Waals surface area contributed by atoms with Gasteiger partial charge in [0.1, 0.15) is 5.69 Å². The van der Waals surface area contributed by atoms with Crippen LogP contribution in [0.3, 0.4) is 0 Å². The molecule has 0 spiro atoms. The molecule has 22 heavy (non-hydrogen) atoms. The minimum atomic E-state index is -2.70. The van der Waals surface area contributed by atoms with Crippen molar-refractivity contribution in [1.82, 2.24) is 14.8 Å². The average Bonchev–Trinajstić information content (AvgIpc) is 3.09. The largest absolute Gasteiger partial charge is 0.383 e. The highest BCUT2D eigenvalue weighted by atomic mass is 19.3. The van der Waals surface area contributed by atoms with Crippen LogP contribution in [0, 0.1) is 12.8 Å². The predicted octanol–water partition coefficient (Wildman–Crippen LogP) is 1.89. The number of likely N-dealkylation sites (tertiary alicyclic amines) is 1. The summed E-state index contributed by atoms with van der Waals surface area (Å²) in [5.74, 6) is -0.0828. The maximum atomic E-state index is 13.0. The number of alkyl halides is 2. The van der Waals surface area contributed by atoms with Gasteiger partial charge in [-0.2, -0.15) is 8.78 Å². The topological polar surface area (TPSA) is 46.5 Å². The number of amides is 1. The van der Waals surface area contributed by atoms with Crippen LogP contribution in [-0.2, 0) is 4.74 Å². The van der Waals surface area contributed by atoms with Crippen molar-refractivity contribution in [1.29, 1.82) is 0 Å². The highest BCUT2D eigenvalue weighted by Gasteiger charge is 2.24. The first-order valence-corrected chi connectivity index (χ1v) is 7.48. The summed E-state index contributed by atoms with van der Waals surface area (Å²) in [5, 5.41) is 2.78. The van der Waals surface area contributed by atoms with E-state index in [0.29, 0.717) is 24.8 Å². The molecule has 7 heteroatoms. The van der Waals surface area contributed by atoms with Crippen LogP contribution >= 0.6 is 0 Å². The number of nitrogens with zero attached hydrogens (tertiary/aromatic N) is 2. The van der Waals surface area contributed by atoms with Gasteiger partial charge in [0, 0.05) is 32.4 Å². The molecule has 0 unspecified atom stereocenters. The molecule has 0 saturated carbocycles. The number of hydrogen-bond acceptors (Lipinski definition) is 3. The number of aromatic nitrogens is 1. The maximum Gasteiger partial charge on any atom is 0.319 e. The molecule has 1 aromatic rings. The Morgan fingerprint density at radius 2 is 2.27 bits per heavy atom. The third kappa shape index (κ3) is 4.04. The lowest BCUT2D eigenvalue weighted by Crippen LogP contribution is -2.33. The molecule has 1 aliphatic heterocycles. The number of nitrogens with one attached hydrogen (secondary N) is 1. The Morgan fingerprint density at radius 3 is 2.95 bits per heavy atom. The van der Waals surface area contributed by atoms with Crippen molar-refractivity contribution in [2.45, 2.75) is 19.9 Å². The van der Waals surface area contributed by atoms with Crippen molar-refractivity contribution in [2.75, 3.05) is 39.9 Å². The molecule has 0 bridgehead atoms. The van der Waals surface area contributed by atoms with Crippen molar-refractivity contribution < 1.29 is 18.3 Å². The Balaban J connectivity index is 1.84. The molecule has 1 amide bonds. The Kier molecular flexibility index (Phi) is 5.90. The van der Waals surface area contributed by atoms with Crippen molar-refractivity contribution in [2.24, 2.45) is 5.92 Å². The van der Waals surface area contributed by atoms with Crippen LogP contribution < -0.4 is 5.32 Å². The van der Waals surface area contributed by atoms with Gasteiger partial charge in [-0.3, -0.25) is 9.36 Å². The van der Waals surface area contributed by atoms with Gasteiger partial charge in [-0.15, -0.1) is 0 Å². The van der Waals surface area contributed by atoms with E-state index in [1.807, 2.05) is 0 Å². The Hall–Kier alpha value is -1.47. The standard InChI is InChI=1S/C15H23F2N3O2/c1-11-3-4-13(20(11)15(16)17)14(21)18-9-12-5-6-19(10-12)7-8-22-2/h3-4,12,15H,5-10H2,1-2H3,(H,18,21)/t12-/m0/s1. The van der Waals surface area contributed by atoms with E-state index in [1.165, 1.54) is 12.1 Å². The third-order valence-electron chi connectivity index (χ3n) is 4.08. The summed E-state index contributed by atoms with van der Waals surface area (Å²) >= 11 is 0. The van der Waals surface area contributed by atoms with Gasteiger partial charge in [0.2, 0.25) is 0 Å². The second-order valence-electron chi connectivity index (χ2n) is 5.67. The summed E-state index contributed by atoms with van der Waals surface area (Å²) in [6.45, 7) is 2.83. The normalized spacial score (nSPS) is 19.0. The lowest BCUT2D eigenvalue weighted by atomic mass is 10.1. The molecule has 1 N–H and O–H groups in total. The van der Waals surface area contributed by atoms with Crippen molar-refractivity contribution in [3.05, 3.63) is 23.5 Å². The molecule has 1 aliphatic rings. The number of aryl methyl sites for hydroxylation is 1. The van der Waals surface area contributed by atoms with Gasteiger partial charge in [0.05, 0.1) is 6.61 Å². The Bertz CT molecular complexity index is 505. The highest BCUT2D eigenvalue weighted by Crippen LogP contribution is 2.19. The van der Waals surface area contributed by atoms with E-state index in [0.717, 1.165) is 30.6 Å². The van der Waals surface area contributed by atoms with Crippen molar-refractivity contribution in [3.8, 4) is 0 Å². The first kappa shape index (κ1) is 16.9. The summed E-state index contributed by atoms with van der Waals surface area (Å²) in [7, 11) is 1.67. The second-order valence-corrected chi connectivity index (χ2v) is 5.67. The van der Waals surface area contributed by atoms with Crippen LogP contribution in [0.2, 0.25) is 0 Å². The van der Waals surface area contributed by atoms with E-state index < -0.39 is 12.5 Å². The SMILES string of the molecule is COCCN1CC[C@@H](CNC(=O)c2ccc(C)n2C(F)F)C1. The summed E-state index contributed by atoms with van der Waals surface area (Å²) in [6.07, 6.45) is 0.999. The average molecular weight is 315 g/mol. The molecule has 2 rings (SSSR count). The van der Waals surface area contributed by atoms with E-state index in [4.69, 9.17) is 4.74 Å². The van der Waals surface area contributed by atoms with Gasteiger partial charge < -0.3 is 15.0 Å². The number of ether oxygens (including phenoxy) is 1. The maximum absolute atomic E-state index is 13.0. The van der Waals surface area contributed by atoms with Crippen LogP contribution in [-0.4, -0.2) is 55.3 Å². The van der Waals surface area contributed by atoms with Gasteiger partial charge in [0.15, 0.2) is 0 Å². The molecule has 5 nitrogen and oxygen atoms in total. The molecule has 2 heterocycles. The quantitative estimate of drug-likeness (QED) is 0.836. The molecule has 0 radical (unpaired) electrons. The van der Waals surface area contributed by atoms with Crippen LogP contribution in [0.15, 0.2) is 12.1 Å². The van der Waals surface area contributed by atoms with E-state index in [-0.39, 0.29) is 5.69 Å². The number of carbonyl (C=O) groups is 1. The Morgan fingerprint density at radius 1 is 1.50 bits per heavy atom. The zero-order valence-electron chi connectivity index (χ0n) is 13.0. The monoisotopic (exact) mass is 315 g/mol. The van der Waals surface area contributed by atoms with Crippen molar-refractivity contribution >= 4 is 5.91 Å². The zero-order valence-corrected chi connectivity index (χ0v) is 13.0. The molecule has 124 valence electrons. The van der Waals surface area contributed by atoms with Crippen LogP contribution in [0.4, 0.5) is 8.78 Å². The summed E-state index contributed by atoms with van der Waals surface area (Å²) in [5.41, 5.74) is 0.397. The number of rotatable bonds is 7. The van der Waals surface area contributed by atoms with Gasteiger partial charge in [0.25, 0.3) is 5.91 Å². The second kappa shape index (κ2) is 7.69. The fraction of sp³-hybridized carbons (Fsp3) is 0.667. The summed E-state index contributed by atoms with van der Waals surface area (Å²) in [6, 6.07) is 2.97. The first-order valence-electron chi connectivity index (χ1n) is 7.48. The fourth-order valence-corrected chi connectivity index (χ4v) is 2.82. The summed E-state index contributed by atoms with van der Waals surface area (Å²) < 4.78 is 31.7.